The van der Waals surface area contributed by atoms with Gasteiger partial charge in [-0.25, -0.2) is 4.79 Å². The van der Waals surface area contributed by atoms with Crippen molar-refractivity contribution in [1.29, 1.82) is 0 Å². The quantitative estimate of drug-likeness (QED) is 0.808. The van der Waals surface area contributed by atoms with Gasteiger partial charge in [0.2, 0.25) is 5.91 Å². The SMILES string of the molecule is Cc1cc(CNC(=O)C2CN(C(=O)OC3CCC(C(C)C)CC3)C2)ccc1O. The fraction of sp³-hybridized carbons (Fsp3) is 0.636. The van der Waals surface area contributed by atoms with E-state index in [1.807, 2.05) is 13.0 Å². The molecule has 2 fully saturated rings. The Morgan fingerprint density at radius 1 is 1.21 bits per heavy atom. The van der Waals surface area contributed by atoms with Gasteiger partial charge in [-0.3, -0.25) is 4.79 Å². The van der Waals surface area contributed by atoms with Crippen molar-refractivity contribution < 1.29 is 19.4 Å². The van der Waals surface area contributed by atoms with Crippen molar-refractivity contribution in [2.75, 3.05) is 13.1 Å². The Labute approximate surface area is 167 Å². The molecule has 1 heterocycles. The Hall–Kier alpha value is -2.24. The van der Waals surface area contributed by atoms with E-state index in [9.17, 15) is 14.7 Å². The van der Waals surface area contributed by atoms with Gasteiger partial charge in [0, 0.05) is 19.6 Å². The first-order valence-corrected chi connectivity index (χ1v) is 10.3. The molecular formula is C22H32N2O4. The zero-order valence-corrected chi connectivity index (χ0v) is 17.1. The van der Waals surface area contributed by atoms with E-state index in [1.165, 1.54) is 0 Å². The van der Waals surface area contributed by atoms with E-state index in [0.717, 1.165) is 42.7 Å². The monoisotopic (exact) mass is 388 g/mol. The van der Waals surface area contributed by atoms with Crippen LogP contribution in [0.25, 0.3) is 0 Å². The van der Waals surface area contributed by atoms with Crippen molar-refractivity contribution in [2.24, 2.45) is 17.8 Å². The number of aromatic hydroxyl groups is 1. The molecule has 2 N–H and O–H groups in total. The molecule has 0 bridgehead atoms. The van der Waals surface area contributed by atoms with Gasteiger partial charge in [-0.15, -0.1) is 0 Å². The number of amides is 2. The highest BCUT2D eigenvalue weighted by atomic mass is 16.6. The normalized spacial score (nSPS) is 22.6. The lowest BCUT2D eigenvalue weighted by Crippen LogP contribution is -2.56. The number of hydrogen-bond acceptors (Lipinski definition) is 4. The highest BCUT2D eigenvalue weighted by Crippen LogP contribution is 2.32. The molecule has 0 atom stereocenters. The zero-order chi connectivity index (χ0) is 20.3. The van der Waals surface area contributed by atoms with Crippen LogP contribution in [0, 0.1) is 24.7 Å². The summed E-state index contributed by atoms with van der Waals surface area (Å²) in [5.41, 5.74) is 1.72. The Balaban J connectivity index is 1.36. The third-order valence-electron chi connectivity index (χ3n) is 6.17. The molecule has 1 aliphatic heterocycles. The van der Waals surface area contributed by atoms with Crippen LogP contribution in [0.2, 0.25) is 0 Å². The van der Waals surface area contributed by atoms with Crippen molar-refractivity contribution in [3.8, 4) is 5.75 Å². The van der Waals surface area contributed by atoms with Crippen molar-refractivity contribution in [1.82, 2.24) is 10.2 Å². The molecule has 1 saturated heterocycles. The molecule has 28 heavy (non-hydrogen) atoms. The number of ether oxygens (including phenoxy) is 1. The van der Waals surface area contributed by atoms with Gasteiger partial charge in [-0.2, -0.15) is 0 Å². The highest BCUT2D eigenvalue weighted by Gasteiger charge is 2.37. The molecule has 1 saturated carbocycles. The van der Waals surface area contributed by atoms with Gasteiger partial charge in [0.25, 0.3) is 0 Å². The molecule has 1 aliphatic carbocycles. The number of aryl methyl sites for hydroxylation is 1. The van der Waals surface area contributed by atoms with E-state index >= 15 is 0 Å². The average Bonchev–Trinajstić information content (AvgIpc) is 2.62. The van der Waals surface area contributed by atoms with Crippen molar-refractivity contribution in [3.63, 3.8) is 0 Å². The minimum Gasteiger partial charge on any atom is -0.508 e. The molecule has 2 amide bonds. The van der Waals surface area contributed by atoms with Gasteiger partial charge in [-0.05, 0) is 61.6 Å². The Morgan fingerprint density at radius 2 is 1.89 bits per heavy atom. The Morgan fingerprint density at radius 3 is 2.50 bits per heavy atom. The number of benzene rings is 1. The topological polar surface area (TPSA) is 78.9 Å². The van der Waals surface area contributed by atoms with E-state index in [0.29, 0.717) is 25.6 Å². The number of nitrogens with zero attached hydrogens (tertiary/aromatic N) is 1. The predicted molar refractivity (Wildman–Crippen MR) is 107 cm³/mol. The van der Waals surface area contributed by atoms with Crippen LogP contribution in [0.3, 0.4) is 0 Å². The van der Waals surface area contributed by atoms with Crippen LogP contribution in [-0.4, -0.2) is 41.2 Å². The molecule has 0 spiro atoms. The molecule has 1 aromatic rings. The summed E-state index contributed by atoms with van der Waals surface area (Å²) >= 11 is 0. The van der Waals surface area contributed by atoms with E-state index < -0.39 is 0 Å². The third kappa shape index (κ3) is 4.97. The number of hydrogen-bond donors (Lipinski definition) is 2. The fourth-order valence-corrected chi connectivity index (χ4v) is 4.04. The number of phenolic OH excluding ortho intramolecular Hbond substituents is 1. The van der Waals surface area contributed by atoms with E-state index in [1.54, 1.807) is 17.0 Å². The van der Waals surface area contributed by atoms with Crippen LogP contribution in [0.15, 0.2) is 18.2 Å². The summed E-state index contributed by atoms with van der Waals surface area (Å²) in [5, 5.41) is 12.5. The van der Waals surface area contributed by atoms with Crippen LogP contribution in [0.5, 0.6) is 5.75 Å². The molecule has 6 nitrogen and oxygen atoms in total. The van der Waals surface area contributed by atoms with Gasteiger partial charge in [0.15, 0.2) is 0 Å². The lowest BCUT2D eigenvalue weighted by atomic mass is 9.80. The van der Waals surface area contributed by atoms with Crippen molar-refractivity contribution >= 4 is 12.0 Å². The molecule has 0 unspecified atom stereocenters. The second-order valence-electron chi connectivity index (χ2n) is 8.61. The second kappa shape index (κ2) is 8.84. The van der Waals surface area contributed by atoms with Crippen LogP contribution in [0.4, 0.5) is 4.79 Å². The first-order chi connectivity index (χ1) is 13.3. The summed E-state index contributed by atoms with van der Waals surface area (Å²) in [6, 6.07) is 5.28. The Kier molecular flexibility index (Phi) is 6.47. The van der Waals surface area contributed by atoms with Crippen molar-refractivity contribution in [2.45, 2.75) is 59.1 Å². The third-order valence-corrected chi connectivity index (χ3v) is 6.17. The molecule has 0 aromatic heterocycles. The Bertz CT molecular complexity index is 704. The van der Waals surface area contributed by atoms with Gasteiger partial charge < -0.3 is 20.1 Å². The zero-order valence-electron chi connectivity index (χ0n) is 17.1. The molecule has 154 valence electrons. The van der Waals surface area contributed by atoms with Crippen LogP contribution in [-0.2, 0) is 16.1 Å². The van der Waals surface area contributed by atoms with Crippen molar-refractivity contribution in [3.05, 3.63) is 29.3 Å². The minimum atomic E-state index is -0.286. The minimum absolute atomic E-state index is 0.0214. The average molecular weight is 389 g/mol. The number of nitrogens with one attached hydrogen (secondary N) is 1. The number of rotatable bonds is 5. The van der Waals surface area contributed by atoms with Crippen LogP contribution >= 0.6 is 0 Å². The molecular weight excluding hydrogens is 356 g/mol. The standard InChI is InChI=1S/C22H32N2O4/c1-14(2)17-5-7-19(8-6-17)28-22(27)24-12-18(13-24)21(26)23-11-16-4-9-20(25)15(3)10-16/h4,9-10,14,17-19,25H,5-8,11-13H2,1-3H3,(H,23,26). The fourth-order valence-electron chi connectivity index (χ4n) is 4.04. The molecule has 0 radical (unpaired) electrons. The second-order valence-corrected chi connectivity index (χ2v) is 8.61. The lowest BCUT2D eigenvalue weighted by Gasteiger charge is -2.39. The largest absolute Gasteiger partial charge is 0.508 e. The van der Waals surface area contributed by atoms with E-state index in [2.05, 4.69) is 19.2 Å². The van der Waals surface area contributed by atoms with Crippen LogP contribution < -0.4 is 5.32 Å². The first kappa shape index (κ1) is 20.5. The number of phenols is 1. The van der Waals surface area contributed by atoms with Gasteiger partial charge in [0.05, 0.1) is 5.92 Å². The van der Waals surface area contributed by atoms with Gasteiger partial charge in [0.1, 0.15) is 11.9 Å². The summed E-state index contributed by atoms with van der Waals surface area (Å²) in [6.07, 6.45) is 3.87. The maximum atomic E-state index is 12.3. The molecule has 2 aliphatic rings. The van der Waals surface area contributed by atoms with E-state index in [4.69, 9.17) is 4.74 Å². The summed E-state index contributed by atoms with van der Waals surface area (Å²) < 4.78 is 5.64. The highest BCUT2D eigenvalue weighted by molar-refractivity contribution is 5.82. The maximum absolute atomic E-state index is 12.3. The number of carbonyl (C=O) groups is 2. The molecule has 1 aromatic carbocycles. The number of carbonyl (C=O) groups excluding carboxylic acids is 2. The summed E-state index contributed by atoms with van der Waals surface area (Å²) in [6.45, 7) is 7.59. The van der Waals surface area contributed by atoms with Crippen LogP contribution in [0.1, 0.15) is 50.7 Å². The lowest BCUT2D eigenvalue weighted by molar-refractivity contribution is -0.129. The van der Waals surface area contributed by atoms with Gasteiger partial charge >= 0.3 is 6.09 Å². The smallest absolute Gasteiger partial charge is 0.410 e. The summed E-state index contributed by atoms with van der Waals surface area (Å²) in [4.78, 5) is 26.2. The van der Waals surface area contributed by atoms with Gasteiger partial charge in [-0.1, -0.05) is 26.0 Å². The molecule has 3 rings (SSSR count). The summed E-state index contributed by atoms with van der Waals surface area (Å²) in [7, 11) is 0. The van der Waals surface area contributed by atoms with E-state index in [-0.39, 0.29) is 29.8 Å². The number of likely N-dealkylation sites (tertiary alicyclic amines) is 1. The first-order valence-electron chi connectivity index (χ1n) is 10.3. The molecule has 6 heteroatoms. The maximum Gasteiger partial charge on any atom is 0.410 e. The summed E-state index contributed by atoms with van der Waals surface area (Å²) in [5.74, 6) is 1.46. The predicted octanol–water partition coefficient (Wildman–Crippen LogP) is 3.60.